The van der Waals surface area contributed by atoms with Crippen molar-refractivity contribution in [3.8, 4) is 0 Å². The minimum atomic E-state index is -0.265. The molecule has 0 bridgehead atoms. The molecule has 3 aliphatic rings. The first-order valence-electron chi connectivity index (χ1n) is 6.03. The van der Waals surface area contributed by atoms with Gasteiger partial charge >= 0.3 is 0 Å². The largest absolute Gasteiger partial charge is 0.379 e. The molecule has 1 saturated heterocycles. The van der Waals surface area contributed by atoms with E-state index in [1.165, 1.54) is 0 Å². The Labute approximate surface area is 120 Å². The molecule has 6 nitrogen and oxygen atoms in total. The third-order valence-electron chi connectivity index (χ3n) is 3.47. The van der Waals surface area contributed by atoms with Crippen molar-refractivity contribution in [3.63, 3.8) is 0 Å². The summed E-state index contributed by atoms with van der Waals surface area (Å²) >= 11 is 9.81. The number of hydrogen-bond acceptors (Lipinski definition) is 6. The average molecular weight is 339 g/mol. The zero-order valence-corrected chi connectivity index (χ0v) is 12.5. The highest BCUT2D eigenvalue weighted by Crippen LogP contribution is 2.27. The molecule has 0 aromatic heterocycles. The fourth-order valence-electron chi connectivity index (χ4n) is 2.49. The van der Waals surface area contributed by atoms with Crippen LogP contribution in [0.15, 0.2) is 11.5 Å². The van der Waals surface area contributed by atoms with E-state index in [4.69, 9.17) is 16.3 Å². The lowest BCUT2D eigenvalue weighted by molar-refractivity contribution is 0.0128. The Hall–Kier alpha value is -0.210. The zero-order valence-electron chi connectivity index (χ0n) is 10.1. The highest BCUT2D eigenvalue weighted by molar-refractivity contribution is 9.09. The average Bonchev–Trinajstić information content (AvgIpc) is 2.66. The molecule has 102 valence electrons. The SMILES string of the molecule is CN1C2=C(NC1Br)C(N1CCOCC1)NC(Cl)N2. The van der Waals surface area contributed by atoms with Crippen molar-refractivity contribution in [2.24, 2.45) is 0 Å². The number of nitrogens with zero attached hydrogens (tertiary/aromatic N) is 2. The molecule has 18 heavy (non-hydrogen) atoms. The Morgan fingerprint density at radius 3 is 2.78 bits per heavy atom. The Morgan fingerprint density at radius 2 is 2.06 bits per heavy atom. The van der Waals surface area contributed by atoms with Gasteiger partial charge in [0, 0.05) is 20.1 Å². The van der Waals surface area contributed by atoms with E-state index in [-0.39, 0.29) is 16.9 Å². The van der Waals surface area contributed by atoms with Crippen LogP contribution in [0.3, 0.4) is 0 Å². The van der Waals surface area contributed by atoms with Crippen molar-refractivity contribution in [1.29, 1.82) is 0 Å². The number of ether oxygens (including phenoxy) is 1. The zero-order chi connectivity index (χ0) is 12.7. The quantitative estimate of drug-likeness (QED) is 0.453. The number of alkyl halides is 2. The second-order valence-electron chi connectivity index (χ2n) is 4.58. The smallest absolute Gasteiger partial charge is 0.158 e. The van der Waals surface area contributed by atoms with Gasteiger partial charge in [-0.05, 0) is 15.9 Å². The fourth-order valence-corrected chi connectivity index (χ4v) is 3.17. The molecule has 3 aliphatic heterocycles. The van der Waals surface area contributed by atoms with Crippen molar-refractivity contribution in [1.82, 2.24) is 25.8 Å². The monoisotopic (exact) mass is 337 g/mol. The molecule has 0 aliphatic carbocycles. The van der Waals surface area contributed by atoms with Crippen LogP contribution in [0.2, 0.25) is 0 Å². The Kier molecular flexibility index (Phi) is 3.59. The summed E-state index contributed by atoms with van der Waals surface area (Å²) in [4.78, 5) is 4.44. The van der Waals surface area contributed by atoms with Crippen molar-refractivity contribution in [2.75, 3.05) is 33.4 Å². The Balaban J connectivity index is 1.84. The van der Waals surface area contributed by atoms with Crippen LogP contribution in [0.1, 0.15) is 0 Å². The van der Waals surface area contributed by atoms with Crippen LogP contribution in [0.25, 0.3) is 0 Å². The normalized spacial score (nSPS) is 37.3. The first kappa shape index (κ1) is 12.8. The van der Waals surface area contributed by atoms with Crippen molar-refractivity contribution in [2.45, 2.75) is 16.9 Å². The van der Waals surface area contributed by atoms with Crippen LogP contribution in [0.5, 0.6) is 0 Å². The van der Waals surface area contributed by atoms with Gasteiger partial charge in [0.2, 0.25) is 0 Å². The first-order chi connectivity index (χ1) is 8.66. The minimum absolute atomic E-state index is 0.0994. The van der Waals surface area contributed by atoms with E-state index in [1.807, 2.05) is 7.05 Å². The molecule has 3 heterocycles. The maximum absolute atomic E-state index is 6.23. The molecule has 0 amide bonds. The number of halogens is 2. The third kappa shape index (κ3) is 2.18. The van der Waals surface area contributed by atoms with E-state index < -0.39 is 0 Å². The lowest BCUT2D eigenvalue weighted by Gasteiger charge is -2.39. The molecule has 0 aromatic rings. The molecular formula is C10H17BrClN5O. The maximum atomic E-state index is 6.23. The number of rotatable bonds is 1. The second kappa shape index (κ2) is 5.05. The maximum Gasteiger partial charge on any atom is 0.158 e. The molecule has 3 N–H and O–H groups in total. The summed E-state index contributed by atoms with van der Waals surface area (Å²) < 4.78 is 5.40. The number of morpholine rings is 1. The van der Waals surface area contributed by atoms with Crippen LogP contribution < -0.4 is 16.0 Å². The molecule has 1 fully saturated rings. The van der Waals surface area contributed by atoms with Crippen LogP contribution in [0, 0.1) is 0 Å². The molecule has 3 atom stereocenters. The van der Waals surface area contributed by atoms with E-state index in [0.717, 1.165) is 37.8 Å². The van der Waals surface area contributed by atoms with Gasteiger partial charge in [0.05, 0.1) is 18.9 Å². The topological polar surface area (TPSA) is 51.8 Å². The molecule has 0 radical (unpaired) electrons. The van der Waals surface area contributed by atoms with E-state index in [2.05, 4.69) is 41.7 Å². The van der Waals surface area contributed by atoms with Crippen LogP contribution in [-0.2, 0) is 4.74 Å². The molecule has 0 saturated carbocycles. The van der Waals surface area contributed by atoms with E-state index in [0.29, 0.717) is 0 Å². The highest BCUT2D eigenvalue weighted by Gasteiger charge is 2.39. The van der Waals surface area contributed by atoms with Crippen molar-refractivity contribution >= 4 is 27.5 Å². The summed E-state index contributed by atoms with van der Waals surface area (Å²) in [6.45, 7) is 3.37. The van der Waals surface area contributed by atoms with Gasteiger partial charge in [-0.25, -0.2) is 0 Å². The molecule has 0 aromatic carbocycles. The van der Waals surface area contributed by atoms with Gasteiger partial charge in [-0.2, -0.15) is 0 Å². The highest BCUT2D eigenvalue weighted by atomic mass is 79.9. The third-order valence-corrected chi connectivity index (χ3v) is 4.55. The summed E-state index contributed by atoms with van der Waals surface area (Å²) in [6, 6.07) is 0. The second-order valence-corrected chi connectivity index (χ2v) is 5.88. The summed E-state index contributed by atoms with van der Waals surface area (Å²) in [5, 5.41) is 10.1. The Morgan fingerprint density at radius 1 is 1.33 bits per heavy atom. The van der Waals surface area contributed by atoms with Crippen LogP contribution in [0.4, 0.5) is 0 Å². The molecule has 8 heteroatoms. The van der Waals surface area contributed by atoms with Crippen molar-refractivity contribution < 1.29 is 4.74 Å². The summed E-state index contributed by atoms with van der Waals surface area (Å²) in [7, 11) is 2.02. The molecule has 3 rings (SSSR count). The van der Waals surface area contributed by atoms with E-state index in [9.17, 15) is 0 Å². The predicted molar refractivity (Wildman–Crippen MR) is 72.7 cm³/mol. The van der Waals surface area contributed by atoms with Gasteiger partial charge < -0.3 is 20.3 Å². The van der Waals surface area contributed by atoms with Crippen molar-refractivity contribution in [3.05, 3.63) is 11.5 Å². The lowest BCUT2D eigenvalue weighted by Crippen LogP contribution is -2.60. The van der Waals surface area contributed by atoms with Gasteiger partial charge in [0.15, 0.2) is 10.7 Å². The predicted octanol–water partition coefficient (Wildman–Crippen LogP) is -0.257. The van der Waals surface area contributed by atoms with Gasteiger partial charge in [-0.1, -0.05) is 11.6 Å². The van der Waals surface area contributed by atoms with Gasteiger partial charge in [0.25, 0.3) is 0 Å². The summed E-state index contributed by atoms with van der Waals surface area (Å²) in [5.41, 5.74) is 0.872. The van der Waals surface area contributed by atoms with Gasteiger partial charge in [-0.15, -0.1) is 0 Å². The molecule has 3 unspecified atom stereocenters. The molecule has 0 spiro atoms. The Bertz CT molecular complexity index is 362. The number of hydrogen-bond donors (Lipinski definition) is 3. The van der Waals surface area contributed by atoms with Gasteiger partial charge in [-0.3, -0.25) is 10.2 Å². The standard InChI is InChI=1S/C10H17BrClN5O/c1-16-7-6(13-9(16)11)8(15-10(12)14-7)17-2-4-18-5-3-17/h8-10,13-15H,2-5H2,1H3. The summed E-state index contributed by atoms with van der Waals surface area (Å²) in [6.07, 6.45) is 0.109. The van der Waals surface area contributed by atoms with E-state index in [1.54, 1.807) is 0 Å². The first-order valence-corrected chi connectivity index (χ1v) is 7.38. The minimum Gasteiger partial charge on any atom is -0.379 e. The van der Waals surface area contributed by atoms with E-state index >= 15 is 0 Å². The molecular weight excluding hydrogens is 322 g/mol. The summed E-state index contributed by atoms with van der Waals surface area (Å²) in [5.74, 6) is 1.05. The fraction of sp³-hybridized carbons (Fsp3) is 0.800. The van der Waals surface area contributed by atoms with Crippen LogP contribution >= 0.6 is 27.5 Å². The number of nitrogens with one attached hydrogen (secondary N) is 3. The lowest BCUT2D eigenvalue weighted by atomic mass is 10.2. The van der Waals surface area contributed by atoms with Crippen LogP contribution in [-0.4, -0.2) is 60.0 Å². The van der Waals surface area contributed by atoms with Gasteiger partial charge in [0.1, 0.15) is 12.0 Å².